The van der Waals surface area contributed by atoms with Crippen LogP contribution in [0.25, 0.3) is 0 Å². The lowest BCUT2D eigenvalue weighted by molar-refractivity contribution is -0.144. The van der Waals surface area contributed by atoms with E-state index in [9.17, 15) is 18.0 Å². The summed E-state index contributed by atoms with van der Waals surface area (Å²) in [5.74, 6) is -0.730. The van der Waals surface area contributed by atoms with Crippen molar-refractivity contribution in [3.63, 3.8) is 0 Å². The second-order valence-electron chi connectivity index (χ2n) is 5.66. The maximum atomic E-state index is 12.7. The number of nitrogens with two attached hydrogens (primary N) is 1. The average Bonchev–Trinajstić information content (AvgIpc) is 2.61. The van der Waals surface area contributed by atoms with Crippen LogP contribution in [0.5, 0.6) is 0 Å². The molecule has 1 amide bonds. The summed E-state index contributed by atoms with van der Waals surface area (Å²) in [6, 6.07) is 9.80. The Balaban J connectivity index is 2.19. The average molecular weight is 365 g/mol. The number of nitrogens with zero attached hydrogens (tertiary/aromatic N) is 2. The molecule has 5 nitrogen and oxygen atoms in total. The summed E-state index contributed by atoms with van der Waals surface area (Å²) < 4.78 is 38.2. The molecule has 0 saturated heterocycles. The first-order chi connectivity index (χ1) is 12.3. The lowest BCUT2D eigenvalue weighted by atomic mass is 9.93. The van der Waals surface area contributed by atoms with Gasteiger partial charge in [-0.1, -0.05) is 30.3 Å². The van der Waals surface area contributed by atoms with Crippen LogP contribution in [0.15, 0.2) is 53.8 Å². The highest BCUT2D eigenvalue weighted by atomic mass is 19.4. The number of amides is 1. The normalized spacial score (nSPS) is 14.2. The van der Waals surface area contributed by atoms with Crippen molar-refractivity contribution >= 4 is 12.1 Å². The van der Waals surface area contributed by atoms with Gasteiger partial charge in [-0.25, -0.2) is 0 Å². The van der Waals surface area contributed by atoms with Crippen LogP contribution in [0.1, 0.15) is 30.2 Å². The zero-order valence-corrected chi connectivity index (χ0v) is 14.0. The van der Waals surface area contributed by atoms with Crippen LogP contribution in [0.3, 0.4) is 0 Å². The van der Waals surface area contributed by atoms with Crippen LogP contribution in [0.2, 0.25) is 0 Å². The van der Waals surface area contributed by atoms with E-state index in [1.807, 2.05) is 0 Å². The van der Waals surface area contributed by atoms with Gasteiger partial charge in [0.05, 0.1) is 11.8 Å². The van der Waals surface area contributed by atoms with Gasteiger partial charge in [0, 0.05) is 18.3 Å². The minimum absolute atomic E-state index is 0.0968. The Morgan fingerprint density at radius 1 is 1.27 bits per heavy atom. The van der Waals surface area contributed by atoms with Gasteiger partial charge in [-0.05, 0) is 36.2 Å². The smallest absolute Gasteiger partial charge is 0.379 e. The lowest BCUT2D eigenvalue weighted by Crippen LogP contribution is -2.47. The van der Waals surface area contributed by atoms with Crippen LogP contribution >= 0.6 is 0 Å². The van der Waals surface area contributed by atoms with Crippen LogP contribution < -0.4 is 5.73 Å². The van der Waals surface area contributed by atoms with Gasteiger partial charge in [0.1, 0.15) is 0 Å². The molecular formula is C18H18F3N3O2. The molecule has 1 aromatic heterocycles. The molecule has 0 spiro atoms. The first-order valence-corrected chi connectivity index (χ1v) is 7.85. The van der Waals surface area contributed by atoms with Gasteiger partial charge in [0.2, 0.25) is 5.60 Å². The molecule has 2 rings (SSSR count). The second-order valence-corrected chi connectivity index (χ2v) is 5.66. The van der Waals surface area contributed by atoms with Crippen molar-refractivity contribution in [2.75, 3.05) is 0 Å². The molecule has 0 fully saturated rings. The summed E-state index contributed by atoms with van der Waals surface area (Å²) in [4.78, 5) is 21.4. The third-order valence-electron chi connectivity index (χ3n) is 3.86. The zero-order chi connectivity index (χ0) is 19.2. The van der Waals surface area contributed by atoms with E-state index in [0.717, 1.165) is 18.3 Å². The van der Waals surface area contributed by atoms with E-state index in [2.05, 4.69) is 10.1 Å². The maximum absolute atomic E-state index is 12.7. The predicted molar refractivity (Wildman–Crippen MR) is 90.3 cm³/mol. The summed E-state index contributed by atoms with van der Waals surface area (Å²) in [5.41, 5.74) is 4.01. The molecule has 2 aromatic rings. The van der Waals surface area contributed by atoms with Gasteiger partial charge in [0.15, 0.2) is 0 Å². The molecule has 0 saturated carbocycles. The van der Waals surface area contributed by atoms with Crippen molar-refractivity contribution in [3.05, 3.63) is 65.5 Å². The van der Waals surface area contributed by atoms with E-state index in [0.29, 0.717) is 5.69 Å². The number of alkyl halides is 3. The number of carbonyl (C=O) groups excluding carboxylic acids is 1. The molecule has 0 aliphatic carbocycles. The molecule has 1 aromatic carbocycles. The molecule has 1 unspecified atom stereocenters. The van der Waals surface area contributed by atoms with Gasteiger partial charge < -0.3 is 10.6 Å². The number of benzene rings is 1. The van der Waals surface area contributed by atoms with Gasteiger partial charge in [-0.2, -0.15) is 13.2 Å². The quantitative estimate of drug-likeness (QED) is 0.604. The molecule has 2 N–H and O–H groups in total. The Morgan fingerprint density at radius 3 is 2.62 bits per heavy atom. The van der Waals surface area contributed by atoms with E-state index < -0.39 is 23.2 Å². The molecule has 1 heterocycles. The number of aromatic nitrogens is 1. The highest BCUT2D eigenvalue weighted by molar-refractivity contribution is 5.84. The van der Waals surface area contributed by atoms with Gasteiger partial charge in [0.25, 0.3) is 5.91 Å². The third kappa shape index (κ3) is 4.81. The summed E-state index contributed by atoms with van der Waals surface area (Å²) in [6.07, 6.45) is -1.45. The Kier molecular flexibility index (Phi) is 5.97. The fourth-order valence-electron chi connectivity index (χ4n) is 2.31. The van der Waals surface area contributed by atoms with E-state index >= 15 is 0 Å². The largest absolute Gasteiger partial charge is 0.416 e. The molecular weight excluding hydrogens is 347 g/mol. The van der Waals surface area contributed by atoms with E-state index in [1.165, 1.54) is 12.1 Å². The van der Waals surface area contributed by atoms with Gasteiger partial charge >= 0.3 is 6.18 Å². The maximum Gasteiger partial charge on any atom is 0.416 e. The zero-order valence-electron chi connectivity index (χ0n) is 14.0. The minimum atomic E-state index is -4.45. The number of primary amides is 1. The van der Waals surface area contributed by atoms with Crippen LogP contribution in [-0.2, 0) is 22.2 Å². The number of carbonyl (C=O) groups is 1. The Hall–Kier alpha value is -2.90. The summed E-state index contributed by atoms with van der Waals surface area (Å²) in [6.45, 7) is 1.70. The summed E-state index contributed by atoms with van der Waals surface area (Å²) in [5, 5.41) is 3.70. The number of oxime groups is 1. The van der Waals surface area contributed by atoms with Crippen LogP contribution in [-0.4, -0.2) is 22.7 Å². The van der Waals surface area contributed by atoms with Crippen LogP contribution in [0.4, 0.5) is 13.2 Å². The first-order valence-electron chi connectivity index (χ1n) is 7.85. The lowest BCUT2D eigenvalue weighted by Gasteiger charge is -2.26. The fraction of sp³-hybridized carbons (Fsp3) is 0.278. The Labute approximate surface area is 148 Å². The minimum Gasteiger partial charge on any atom is -0.379 e. The van der Waals surface area contributed by atoms with E-state index in [4.69, 9.17) is 10.6 Å². The highest BCUT2D eigenvalue weighted by Crippen LogP contribution is 2.29. The summed E-state index contributed by atoms with van der Waals surface area (Å²) in [7, 11) is 0. The first kappa shape index (κ1) is 19.4. The van der Waals surface area contributed by atoms with Crippen molar-refractivity contribution in [1.29, 1.82) is 0 Å². The fourth-order valence-corrected chi connectivity index (χ4v) is 2.31. The van der Waals surface area contributed by atoms with E-state index in [1.54, 1.807) is 31.3 Å². The SMILES string of the molecule is CCC(Cc1ccccn1)(O/N=C/c1cccc(C(F)(F)F)c1)C(N)=O. The molecule has 138 valence electrons. The molecule has 1 atom stereocenters. The number of halogens is 3. The second kappa shape index (κ2) is 7.99. The monoisotopic (exact) mass is 365 g/mol. The van der Waals surface area contributed by atoms with Crippen molar-refractivity contribution in [2.24, 2.45) is 10.9 Å². The standard InChI is InChI=1S/C18H18F3N3O2/c1-2-17(16(22)25,11-15-8-3-4-9-23-15)26-24-12-13-6-5-7-14(10-13)18(19,20)21/h3-10,12H,2,11H2,1H3,(H2,22,25)/b24-12+. The molecule has 26 heavy (non-hydrogen) atoms. The molecule has 0 aliphatic heterocycles. The number of pyridine rings is 1. The van der Waals surface area contributed by atoms with Crippen molar-refractivity contribution in [1.82, 2.24) is 4.98 Å². The van der Waals surface area contributed by atoms with E-state index in [-0.39, 0.29) is 18.4 Å². The van der Waals surface area contributed by atoms with Crippen LogP contribution in [0, 0.1) is 0 Å². The van der Waals surface area contributed by atoms with Gasteiger partial charge in [-0.3, -0.25) is 9.78 Å². The van der Waals surface area contributed by atoms with Crippen molar-refractivity contribution in [3.8, 4) is 0 Å². The predicted octanol–water partition coefficient (Wildman–Crippen LogP) is 3.33. The topological polar surface area (TPSA) is 77.6 Å². The molecule has 0 radical (unpaired) electrons. The van der Waals surface area contributed by atoms with Gasteiger partial charge in [-0.15, -0.1) is 0 Å². The molecule has 0 bridgehead atoms. The van der Waals surface area contributed by atoms with Crippen molar-refractivity contribution < 1.29 is 22.8 Å². The molecule has 0 aliphatic rings. The Morgan fingerprint density at radius 2 is 2.04 bits per heavy atom. The molecule has 8 heteroatoms. The Bertz CT molecular complexity index is 779. The number of hydrogen-bond donors (Lipinski definition) is 1. The summed E-state index contributed by atoms with van der Waals surface area (Å²) >= 11 is 0. The van der Waals surface area contributed by atoms with Crippen molar-refractivity contribution in [2.45, 2.75) is 31.5 Å². The number of hydrogen-bond acceptors (Lipinski definition) is 4. The third-order valence-corrected chi connectivity index (χ3v) is 3.86. The number of rotatable bonds is 7. The highest BCUT2D eigenvalue weighted by Gasteiger charge is 2.38.